The van der Waals surface area contributed by atoms with Crippen molar-refractivity contribution in [1.29, 1.82) is 0 Å². The average Bonchev–Trinajstić information content (AvgIpc) is 2.13. The second kappa shape index (κ2) is 3.48. The minimum Gasteiger partial charge on any atom is -0.459 e. The molecule has 0 spiro atoms. The number of hydrogen-bond donors (Lipinski definition) is 0. The highest BCUT2D eigenvalue weighted by Gasteiger charge is 2.53. The lowest BCUT2D eigenvalue weighted by atomic mass is 9.54. The van der Waals surface area contributed by atoms with E-state index in [0.717, 1.165) is 37.0 Å². The zero-order chi connectivity index (χ0) is 11.3. The molecule has 0 aromatic heterocycles. The van der Waals surface area contributed by atoms with Crippen LogP contribution in [0.25, 0.3) is 0 Å². The van der Waals surface area contributed by atoms with E-state index in [4.69, 9.17) is 4.74 Å². The summed E-state index contributed by atoms with van der Waals surface area (Å²) in [4.78, 5) is 11.7. The van der Waals surface area contributed by atoms with Crippen molar-refractivity contribution in [1.82, 2.24) is 0 Å². The Kier molecular flexibility index (Phi) is 2.31. The minimum atomic E-state index is -0.229. The summed E-state index contributed by atoms with van der Waals surface area (Å²) in [5.74, 6) is 2.17. The van der Waals surface area contributed by atoms with Gasteiger partial charge in [0, 0.05) is 0 Å². The molecule has 4 rings (SSSR count). The van der Waals surface area contributed by atoms with Crippen molar-refractivity contribution in [2.24, 2.45) is 23.7 Å². The van der Waals surface area contributed by atoms with Crippen molar-refractivity contribution in [3.05, 3.63) is 6.92 Å². The van der Waals surface area contributed by atoms with E-state index in [9.17, 15) is 4.79 Å². The van der Waals surface area contributed by atoms with Gasteiger partial charge in [-0.3, -0.25) is 4.79 Å². The van der Waals surface area contributed by atoms with Crippen LogP contribution in [0.4, 0.5) is 0 Å². The summed E-state index contributed by atoms with van der Waals surface area (Å²) in [5.41, 5.74) is -0.0855. The van der Waals surface area contributed by atoms with Gasteiger partial charge in [0.15, 0.2) is 0 Å². The van der Waals surface area contributed by atoms with Gasteiger partial charge in [0.2, 0.25) is 0 Å². The lowest BCUT2D eigenvalue weighted by molar-refractivity contribution is -0.189. The van der Waals surface area contributed by atoms with Gasteiger partial charge in [-0.25, -0.2) is 0 Å². The van der Waals surface area contributed by atoms with Crippen LogP contribution in [-0.4, -0.2) is 11.6 Å². The molecule has 0 aromatic carbocycles. The summed E-state index contributed by atoms with van der Waals surface area (Å²) in [6, 6.07) is 0. The van der Waals surface area contributed by atoms with E-state index in [1.807, 2.05) is 6.92 Å². The lowest BCUT2D eigenvalue weighted by Crippen LogP contribution is -2.53. The van der Waals surface area contributed by atoms with Crippen LogP contribution in [-0.2, 0) is 9.53 Å². The Morgan fingerprint density at radius 3 is 2.00 bits per heavy atom. The molecule has 0 aliphatic heterocycles. The van der Waals surface area contributed by atoms with Crippen molar-refractivity contribution in [3.8, 4) is 0 Å². The Hall–Kier alpha value is -0.530. The second-order valence-corrected chi connectivity index (χ2v) is 6.42. The Bertz CT molecular complexity index is 271. The van der Waals surface area contributed by atoms with Crippen LogP contribution < -0.4 is 0 Å². The van der Waals surface area contributed by atoms with Gasteiger partial charge in [0.1, 0.15) is 5.60 Å². The van der Waals surface area contributed by atoms with Crippen LogP contribution in [0.3, 0.4) is 0 Å². The van der Waals surface area contributed by atoms with Crippen LogP contribution >= 0.6 is 0 Å². The third-order valence-electron chi connectivity index (χ3n) is 4.70. The molecule has 0 saturated heterocycles. The molecule has 1 radical (unpaired) electrons. The summed E-state index contributed by atoms with van der Waals surface area (Å²) in [6.45, 7) is 5.58. The molecule has 4 aliphatic carbocycles. The normalized spacial score (nSPS) is 45.1. The maximum atomic E-state index is 11.7. The standard InChI is InChI=1S/C14H21O2/c1-9(2)13(15)16-14-6-10-3-11(7-14)5-12(4-10)8-14/h9-12H,1,3-8H2,2H3. The van der Waals surface area contributed by atoms with Crippen molar-refractivity contribution in [2.75, 3.05) is 0 Å². The third-order valence-corrected chi connectivity index (χ3v) is 4.70. The smallest absolute Gasteiger partial charge is 0.309 e. The Morgan fingerprint density at radius 2 is 1.62 bits per heavy atom. The van der Waals surface area contributed by atoms with E-state index in [0.29, 0.717) is 0 Å². The van der Waals surface area contributed by atoms with Gasteiger partial charge < -0.3 is 4.74 Å². The first kappa shape index (κ1) is 10.6. The first-order chi connectivity index (χ1) is 7.56. The highest BCUT2D eigenvalue weighted by atomic mass is 16.6. The molecule has 4 fully saturated rings. The molecular formula is C14H21O2. The molecule has 16 heavy (non-hydrogen) atoms. The van der Waals surface area contributed by atoms with Crippen LogP contribution in [0, 0.1) is 30.6 Å². The van der Waals surface area contributed by atoms with Crippen LogP contribution in [0.2, 0.25) is 0 Å². The number of rotatable bonds is 2. The van der Waals surface area contributed by atoms with Crippen molar-refractivity contribution < 1.29 is 9.53 Å². The molecule has 0 aromatic rings. The van der Waals surface area contributed by atoms with Crippen molar-refractivity contribution in [3.63, 3.8) is 0 Å². The van der Waals surface area contributed by atoms with Gasteiger partial charge in [-0.05, 0) is 63.2 Å². The molecule has 1 atom stereocenters. The van der Waals surface area contributed by atoms with E-state index >= 15 is 0 Å². The van der Waals surface area contributed by atoms with Gasteiger partial charge in [0.05, 0.1) is 5.92 Å². The molecule has 4 aliphatic rings. The summed E-state index contributed by atoms with van der Waals surface area (Å²) >= 11 is 0. The Balaban J connectivity index is 1.76. The molecule has 2 heteroatoms. The molecule has 2 nitrogen and oxygen atoms in total. The number of hydrogen-bond acceptors (Lipinski definition) is 2. The zero-order valence-electron chi connectivity index (χ0n) is 10.1. The summed E-state index contributed by atoms with van der Waals surface area (Å²) < 4.78 is 5.81. The zero-order valence-corrected chi connectivity index (χ0v) is 10.1. The number of esters is 1. The second-order valence-electron chi connectivity index (χ2n) is 6.42. The molecule has 4 saturated carbocycles. The maximum Gasteiger partial charge on any atom is 0.309 e. The molecule has 4 bridgehead atoms. The topological polar surface area (TPSA) is 26.3 Å². The molecule has 89 valence electrons. The third kappa shape index (κ3) is 1.66. The number of carbonyl (C=O) groups is 1. The molecular weight excluding hydrogens is 200 g/mol. The van der Waals surface area contributed by atoms with Gasteiger partial charge in [0.25, 0.3) is 0 Å². The predicted octanol–water partition coefficient (Wildman–Crippen LogP) is 2.97. The summed E-state index contributed by atoms with van der Waals surface area (Å²) in [6.07, 6.45) is 7.52. The summed E-state index contributed by atoms with van der Waals surface area (Å²) in [5, 5.41) is 0. The molecule has 0 N–H and O–H groups in total. The highest BCUT2D eigenvalue weighted by molar-refractivity contribution is 5.73. The van der Waals surface area contributed by atoms with Crippen LogP contribution in [0.5, 0.6) is 0 Å². The highest BCUT2D eigenvalue weighted by Crippen LogP contribution is 2.57. The van der Waals surface area contributed by atoms with E-state index in [-0.39, 0.29) is 17.5 Å². The maximum absolute atomic E-state index is 11.7. The molecule has 0 amide bonds. The monoisotopic (exact) mass is 221 g/mol. The van der Waals surface area contributed by atoms with Gasteiger partial charge in [-0.1, -0.05) is 6.92 Å². The fourth-order valence-electron chi connectivity index (χ4n) is 4.47. The molecule has 0 heterocycles. The van der Waals surface area contributed by atoms with Crippen LogP contribution in [0.15, 0.2) is 0 Å². The Morgan fingerprint density at radius 1 is 1.19 bits per heavy atom. The number of ether oxygens (including phenoxy) is 1. The minimum absolute atomic E-state index is 0.0855. The largest absolute Gasteiger partial charge is 0.459 e. The fourth-order valence-corrected chi connectivity index (χ4v) is 4.47. The predicted molar refractivity (Wildman–Crippen MR) is 61.5 cm³/mol. The first-order valence-electron chi connectivity index (χ1n) is 6.62. The SMILES string of the molecule is [CH2]C(C)C(=O)OC12CC3CC(CC(C3)C1)C2. The van der Waals surface area contributed by atoms with E-state index in [2.05, 4.69) is 6.92 Å². The first-order valence-corrected chi connectivity index (χ1v) is 6.62. The van der Waals surface area contributed by atoms with E-state index in [1.54, 1.807) is 0 Å². The van der Waals surface area contributed by atoms with Gasteiger partial charge >= 0.3 is 5.97 Å². The van der Waals surface area contributed by atoms with Crippen molar-refractivity contribution >= 4 is 5.97 Å². The van der Waals surface area contributed by atoms with Crippen molar-refractivity contribution in [2.45, 2.75) is 51.0 Å². The van der Waals surface area contributed by atoms with Crippen LogP contribution in [0.1, 0.15) is 45.4 Å². The Labute approximate surface area is 97.7 Å². The quantitative estimate of drug-likeness (QED) is 0.670. The average molecular weight is 221 g/mol. The molecule has 1 unspecified atom stereocenters. The fraction of sp³-hybridized carbons (Fsp3) is 0.857. The van der Waals surface area contributed by atoms with E-state index in [1.165, 1.54) is 19.3 Å². The van der Waals surface area contributed by atoms with Gasteiger partial charge in [-0.2, -0.15) is 0 Å². The van der Waals surface area contributed by atoms with E-state index < -0.39 is 0 Å². The lowest BCUT2D eigenvalue weighted by Gasteiger charge is -2.55. The summed E-state index contributed by atoms with van der Waals surface area (Å²) in [7, 11) is 0. The van der Waals surface area contributed by atoms with Gasteiger partial charge in [-0.15, -0.1) is 0 Å². The number of carbonyl (C=O) groups excluding carboxylic acids is 1.